The molecule has 0 aliphatic carbocycles. The number of hydrogen-bond donors (Lipinski definition) is 4. The largest absolute Gasteiger partial charge is 0.611 e. The maximum Gasteiger partial charge on any atom is 0.413 e. The Hall–Kier alpha value is -2.15. The molecule has 1 rings (SSSR count). The van der Waals surface area contributed by atoms with E-state index in [1.54, 1.807) is 18.2 Å². The Morgan fingerprint density at radius 1 is 0.853 bits per heavy atom. The monoisotopic (exact) mass is 530 g/mol. The second-order valence-corrected chi connectivity index (χ2v) is 9.63. The Bertz CT molecular complexity index is 826. The second kappa shape index (κ2) is 17.3. The van der Waals surface area contributed by atoms with Crippen molar-refractivity contribution in [3.63, 3.8) is 0 Å². The van der Waals surface area contributed by atoms with Crippen LogP contribution in [0.25, 0.3) is 0 Å². The van der Waals surface area contributed by atoms with Crippen LogP contribution in [-0.2, 0) is 20.6 Å². The molecule has 0 bridgehead atoms. The van der Waals surface area contributed by atoms with Crippen LogP contribution in [0.5, 0.6) is 0 Å². The van der Waals surface area contributed by atoms with Crippen LogP contribution < -0.4 is 21.3 Å². The topological polar surface area (TPSA) is 124 Å². The number of carbonyl (C=O) groups excluding carboxylic acids is 2. The summed E-state index contributed by atoms with van der Waals surface area (Å²) < 4.78 is 22.7. The van der Waals surface area contributed by atoms with E-state index in [1.165, 1.54) is 0 Å². The molecule has 1 aromatic carbocycles. The lowest BCUT2D eigenvalue weighted by atomic mass is 10.2. The van der Waals surface area contributed by atoms with E-state index in [0.29, 0.717) is 28.6 Å². The smallest absolute Gasteiger partial charge is 0.413 e. The van der Waals surface area contributed by atoms with Crippen LogP contribution >= 0.6 is 24.4 Å². The molecule has 0 fully saturated rings. The first-order chi connectivity index (χ1) is 16.3. The van der Waals surface area contributed by atoms with Gasteiger partial charge < -0.3 is 24.7 Å². The van der Waals surface area contributed by atoms with Gasteiger partial charge in [0.15, 0.2) is 15.1 Å². The maximum absolute atomic E-state index is 12.6. The maximum atomic E-state index is 12.6. The number of ether oxygens (including phenoxy) is 2. The van der Waals surface area contributed by atoms with Crippen molar-refractivity contribution in [1.82, 2.24) is 10.6 Å². The van der Waals surface area contributed by atoms with Crippen molar-refractivity contribution in [3.8, 4) is 0 Å². The van der Waals surface area contributed by atoms with Gasteiger partial charge in [0.05, 0.1) is 24.6 Å². The first-order valence-corrected chi connectivity index (χ1v) is 13.5. The molecule has 0 radical (unpaired) electrons. The fraction of sp³-hybridized carbons (Fsp3) is 0.545. The van der Waals surface area contributed by atoms with E-state index in [-0.39, 0.29) is 16.8 Å². The molecule has 1 aromatic rings. The van der Waals surface area contributed by atoms with E-state index in [9.17, 15) is 14.1 Å². The van der Waals surface area contributed by atoms with Gasteiger partial charge in [-0.3, -0.25) is 10.6 Å². The molecule has 2 amide bonds. The zero-order chi connectivity index (χ0) is 25.3. The van der Waals surface area contributed by atoms with Crippen molar-refractivity contribution in [1.29, 1.82) is 0 Å². The Labute approximate surface area is 215 Å². The molecular weight excluding hydrogens is 496 g/mol. The predicted octanol–water partition coefficient (Wildman–Crippen LogP) is 5.04. The Morgan fingerprint density at radius 3 is 1.85 bits per heavy atom. The van der Waals surface area contributed by atoms with Crippen molar-refractivity contribution in [2.45, 2.75) is 64.2 Å². The lowest BCUT2D eigenvalue weighted by Crippen LogP contribution is -2.36. The van der Waals surface area contributed by atoms with E-state index in [0.717, 1.165) is 38.5 Å². The molecule has 9 nitrogen and oxygen atoms in total. The van der Waals surface area contributed by atoms with Crippen molar-refractivity contribution < 1.29 is 23.6 Å². The molecule has 0 aromatic heterocycles. The Balaban J connectivity index is 2.91. The summed E-state index contributed by atoms with van der Waals surface area (Å²) in [4.78, 5) is 24.3. The van der Waals surface area contributed by atoms with Gasteiger partial charge in [-0.05, 0) is 67.0 Å². The summed E-state index contributed by atoms with van der Waals surface area (Å²) in [7, 11) is 0. The van der Waals surface area contributed by atoms with E-state index < -0.39 is 23.4 Å². The van der Waals surface area contributed by atoms with Crippen molar-refractivity contribution in [2.75, 3.05) is 29.6 Å². The quantitative estimate of drug-likeness (QED) is 0.167. The summed E-state index contributed by atoms with van der Waals surface area (Å²) in [5.74, 6) is 0.527. The molecule has 4 N–H and O–H groups in total. The molecule has 1 unspecified atom stereocenters. The average Bonchev–Trinajstić information content (AvgIpc) is 2.78. The van der Waals surface area contributed by atoms with Crippen LogP contribution in [0.3, 0.4) is 0 Å². The number of alkyl carbamates (subject to hydrolysis) is 2. The number of benzene rings is 1. The van der Waals surface area contributed by atoms with Gasteiger partial charge in [-0.15, -0.1) is 0 Å². The minimum Gasteiger partial charge on any atom is -0.611 e. The normalized spacial score (nSPS) is 11.2. The lowest BCUT2D eigenvalue weighted by molar-refractivity contribution is 0.149. The summed E-state index contributed by atoms with van der Waals surface area (Å²) in [6.45, 7) is 6.60. The van der Waals surface area contributed by atoms with Gasteiger partial charge in [-0.2, -0.15) is 0 Å². The first-order valence-electron chi connectivity index (χ1n) is 11.3. The molecule has 0 aliphatic heterocycles. The number of nitrogens with one attached hydrogen (secondary N) is 4. The van der Waals surface area contributed by atoms with Gasteiger partial charge in [0, 0.05) is 6.07 Å². The van der Waals surface area contributed by atoms with Crippen LogP contribution in [0, 0.1) is 0 Å². The van der Waals surface area contributed by atoms with Crippen LogP contribution in [0.2, 0.25) is 0 Å². The first kappa shape index (κ1) is 29.9. The molecule has 1 atom stereocenters. The number of carbonyl (C=O) groups is 2. The molecule has 34 heavy (non-hydrogen) atoms. The zero-order valence-corrected chi connectivity index (χ0v) is 22.3. The highest BCUT2D eigenvalue weighted by Gasteiger charge is 2.16. The molecule has 0 saturated carbocycles. The second-order valence-electron chi connectivity index (χ2n) is 7.25. The van der Waals surface area contributed by atoms with E-state index >= 15 is 0 Å². The van der Waals surface area contributed by atoms with Crippen molar-refractivity contribution in [3.05, 3.63) is 18.2 Å². The zero-order valence-electron chi connectivity index (χ0n) is 19.9. The summed E-state index contributed by atoms with van der Waals surface area (Å²) >= 11 is 9.22. The fourth-order valence-corrected chi connectivity index (χ4v) is 4.10. The molecule has 0 aliphatic rings. The summed E-state index contributed by atoms with van der Waals surface area (Å²) in [6.07, 6.45) is 3.72. The van der Waals surface area contributed by atoms with Crippen molar-refractivity contribution in [2.24, 2.45) is 0 Å². The lowest BCUT2D eigenvalue weighted by Gasteiger charge is -2.18. The van der Waals surface area contributed by atoms with Gasteiger partial charge in [0.2, 0.25) is 0 Å². The molecule has 0 heterocycles. The molecular formula is C22H34N4O5S3. The number of unbranched alkanes of at least 4 members (excludes halogenated alkanes) is 3. The summed E-state index contributed by atoms with van der Waals surface area (Å²) in [5.41, 5.74) is 0.878. The van der Waals surface area contributed by atoms with E-state index in [4.69, 9.17) is 33.9 Å². The fourth-order valence-electron chi connectivity index (χ4n) is 2.45. The SMILES string of the molecule is CCCCOC(=O)NC(=S)Nc1ccc([S+]([O-])CCCC)cc1NC(=S)NC(=O)OCCCC. The standard InChI is InChI=1S/C22H34N4O5S3/c1-4-7-12-30-21(27)25-19(32)23-17-11-10-16(34(29)14-9-6-3)15-18(17)24-20(33)26-22(28)31-13-8-5-2/h10-11,15H,4-9,12-14H2,1-3H3,(H2,23,25,27,32)(H2,24,26,28,33). The third kappa shape index (κ3) is 12.4. The number of anilines is 2. The summed E-state index contributed by atoms with van der Waals surface area (Å²) in [6, 6.07) is 5.03. The highest BCUT2D eigenvalue weighted by molar-refractivity contribution is 7.91. The third-order valence-corrected chi connectivity index (χ3v) is 6.17. The van der Waals surface area contributed by atoms with Crippen LogP contribution in [0.4, 0.5) is 21.0 Å². The third-order valence-electron chi connectivity index (χ3n) is 4.33. The van der Waals surface area contributed by atoms with Gasteiger partial charge in [0.25, 0.3) is 0 Å². The van der Waals surface area contributed by atoms with Gasteiger partial charge in [-0.1, -0.05) is 40.0 Å². The molecule has 12 heteroatoms. The Kier molecular flexibility index (Phi) is 15.2. The minimum atomic E-state index is -1.21. The molecule has 0 saturated heterocycles. The molecule has 190 valence electrons. The number of hydrogen-bond acceptors (Lipinski definition) is 7. The number of thiocarbonyl (C=S) groups is 2. The average molecular weight is 531 g/mol. The number of rotatable bonds is 12. The highest BCUT2D eigenvalue weighted by atomic mass is 32.2. The van der Waals surface area contributed by atoms with Crippen molar-refractivity contribution >= 4 is 69.4 Å². The van der Waals surface area contributed by atoms with Gasteiger partial charge >= 0.3 is 12.2 Å². The minimum absolute atomic E-state index is 0.00103. The summed E-state index contributed by atoms with van der Waals surface area (Å²) in [5, 5.41) is 10.7. The predicted molar refractivity (Wildman–Crippen MR) is 144 cm³/mol. The van der Waals surface area contributed by atoms with Crippen LogP contribution in [0.15, 0.2) is 23.1 Å². The van der Waals surface area contributed by atoms with E-state index in [2.05, 4.69) is 21.3 Å². The van der Waals surface area contributed by atoms with Gasteiger partial charge in [-0.25, -0.2) is 9.59 Å². The highest BCUT2D eigenvalue weighted by Crippen LogP contribution is 2.27. The number of amides is 2. The van der Waals surface area contributed by atoms with Crippen LogP contribution in [-0.4, -0.2) is 45.9 Å². The van der Waals surface area contributed by atoms with Gasteiger partial charge in [0.1, 0.15) is 5.75 Å². The van der Waals surface area contributed by atoms with E-state index in [1.807, 2.05) is 20.8 Å². The molecule has 0 spiro atoms. The van der Waals surface area contributed by atoms with Crippen LogP contribution in [0.1, 0.15) is 59.3 Å². The Morgan fingerprint density at radius 2 is 1.35 bits per heavy atom.